The third-order valence-electron chi connectivity index (χ3n) is 6.36. The Morgan fingerprint density at radius 1 is 0.973 bits per heavy atom. The lowest BCUT2D eigenvalue weighted by Gasteiger charge is -2.32. The average Bonchev–Trinajstić information content (AvgIpc) is 3.16. The van der Waals surface area contributed by atoms with Crippen molar-refractivity contribution < 1.29 is 21.6 Å². The molecule has 0 aliphatic carbocycles. The van der Waals surface area contributed by atoms with E-state index >= 15 is 0 Å². The third kappa shape index (κ3) is 5.26. The van der Waals surface area contributed by atoms with Crippen LogP contribution in [0.15, 0.2) is 77.8 Å². The fourth-order valence-corrected chi connectivity index (χ4v) is 6.70. The van der Waals surface area contributed by atoms with E-state index in [9.17, 15) is 26.9 Å². The van der Waals surface area contributed by atoms with Crippen LogP contribution in [0.1, 0.15) is 33.9 Å². The van der Waals surface area contributed by atoms with Crippen LogP contribution in [0.3, 0.4) is 0 Å². The van der Waals surface area contributed by atoms with Gasteiger partial charge in [-0.25, -0.2) is 8.42 Å². The molecule has 3 aromatic carbocycles. The highest BCUT2D eigenvalue weighted by Gasteiger charge is 2.49. The van der Waals surface area contributed by atoms with E-state index < -0.39 is 28.3 Å². The maximum Gasteiger partial charge on any atom is 0.407 e. The first kappa shape index (κ1) is 26.5. The number of hydrogen-bond acceptors (Lipinski definition) is 3. The van der Waals surface area contributed by atoms with Crippen molar-refractivity contribution in [3.8, 4) is 6.07 Å². The van der Waals surface area contributed by atoms with Gasteiger partial charge in [-0.05, 0) is 49.1 Å². The van der Waals surface area contributed by atoms with E-state index in [1.54, 1.807) is 87.5 Å². The van der Waals surface area contributed by atoms with Crippen LogP contribution in [0.25, 0.3) is 10.9 Å². The lowest BCUT2D eigenvalue weighted by molar-refractivity contribution is -0.158. The molecule has 4 aromatic rings. The van der Waals surface area contributed by atoms with Crippen LogP contribution in [0.2, 0.25) is 0 Å². The van der Waals surface area contributed by atoms with Crippen molar-refractivity contribution in [1.82, 2.24) is 9.29 Å². The standard InChI is InChI=1S/C28H26F3N3O2S/c1-18-15-19(2)26(20(3)16-18)37(35,36)33-27(28(29,30)31)25(21-9-5-4-6-10-21)34-17-22(13-14-32)23-11-7-8-12-24(23)34/h4-12,15-17,25,27,33H,13H2,1-3H3. The molecule has 2 atom stereocenters. The summed E-state index contributed by atoms with van der Waals surface area (Å²) in [6.45, 7) is 4.93. The number of alkyl halides is 3. The normalized spacial score (nSPS) is 13.9. The lowest BCUT2D eigenvalue weighted by Crippen LogP contribution is -2.51. The summed E-state index contributed by atoms with van der Waals surface area (Å²) in [7, 11) is -4.57. The van der Waals surface area contributed by atoms with Gasteiger partial charge in [0.2, 0.25) is 10.0 Å². The highest BCUT2D eigenvalue weighted by molar-refractivity contribution is 7.89. The average molecular weight is 526 g/mol. The molecule has 0 spiro atoms. The molecule has 0 bridgehead atoms. The zero-order valence-electron chi connectivity index (χ0n) is 20.5. The van der Waals surface area contributed by atoms with Crippen LogP contribution in [0, 0.1) is 32.1 Å². The molecule has 5 nitrogen and oxygen atoms in total. The van der Waals surface area contributed by atoms with Crippen LogP contribution in [0.4, 0.5) is 13.2 Å². The van der Waals surface area contributed by atoms with E-state index in [2.05, 4.69) is 6.07 Å². The molecular weight excluding hydrogens is 499 g/mol. The molecule has 0 saturated carbocycles. The number of aryl methyl sites for hydroxylation is 3. The summed E-state index contributed by atoms with van der Waals surface area (Å²) >= 11 is 0. The molecule has 1 heterocycles. The first-order valence-electron chi connectivity index (χ1n) is 11.6. The number of nitrogens with zero attached hydrogens (tertiary/aromatic N) is 2. The number of para-hydroxylation sites is 1. The van der Waals surface area contributed by atoms with E-state index in [0.29, 0.717) is 27.6 Å². The molecule has 1 N–H and O–H groups in total. The largest absolute Gasteiger partial charge is 0.407 e. The highest BCUT2D eigenvalue weighted by Crippen LogP contribution is 2.38. The topological polar surface area (TPSA) is 74.9 Å². The monoisotopic (exact) mass is 525 g/mol. The van der Waals surface area contributed by atoms with Crippen molar-refractivity contribution >= 4 is 20.9 Å². The SMILES string of the molecule is Cc1cc(C)c(S(=O)(=O)NC(C(c2ccccc2)n2cc(CC#N)c3ccccc32)C(F)(F)F)c(C)c1. The molecule has 0 amide bonds. The molecule has 0 radical (unpaired) electrons. The zero-order valence-corrected chi connectivity index (χ0v) is 21.4. The summed E-state index contributed by atoms with van der Waals surface area (Å²) in [5.74, 6) is 0. The summed E-state index contributed by atoms with van der Waals surface area (Å²) in [6.07, 6.45) is -3.43. The first-order valence-corrected chi connectivity index (χ1v) is 13.1. The fourth-order valence-electron chi connectivity index (χ4n) is 5.02. The minimum atomic E-state index is -4.94. The summed E-state index contributed by atoms with van der Waals surface area (Å²) < 4.78 is 74.9. The maximum absolute atomic E-state index is 14.8. The molecule has 0 fully saturated rings. The van der Waals surface area contributed by atoms with Crippen LogP contribution in [-0.4, -0.2) is 25.2 Å². The van der Waals surface area contributed by atoms with Gasteiger partial charge in [-0.2, -0.15) is 23.2 Å². The minimum Gasteiger partial charge on any atom is -0.338 e. The van der Waals surface area contributed by atoms with Gasteiger partial charge in [-0.3, -0.25) is 0 Å². The number of fused-ring (bicyclic) bond motifs is 1. The highest BCUT2D eigenvalue weighted by atomic mass is 32.2. The van der Waals surface area contributed by atoms with Crippen LogP contribution in [0.5, 0.6) is 0 Å². The molecular formula is C28H26F3N3O2S. The number of hydrogen-bond donors (Lipinski definition) is 1. The van der Waals surface area contributed by atoms with Gasteiger partial charge >= 0.3 is 6.18 Å². The predicted octanol–water partition coefficient (Wildman–Crippen LogP) is 6.13. The van der Waals surface area contributed by atoms with Gasteiger partial charge in [0.15, 0.2) is 0 Å². The molecule has 37 heavy (non-hydrogen) atoms. The van der Waals surface area contributed by atoms with Gasteiger partial charge in [-0.15, -0.1) is 0 Å². The molecule has 192 valence electrons. The third-order valence-corrected chi connectivity index (χ3v) is 8.10. The minimum absolute atomic E-state index is 0.000803. The van der Waals surface area contributed by atoms with Crippen molar-refractivity contribution in [2.45, 2.75) is 50.3 Å². The Hall–Kier alpha value is -3.61. The van der Waals surface area contributed by atoms with E-state index in [0.717, 1.165) is 5.56 Å². The number of halogens is 3. The van der Waals surface area contributed by atoms with Gasteiger partial charge < -0.3 is 4.57 Å². The Morgan fingerprint density at radius 2 is 1.57 bits per heavy atom. The Morgan fingerprint density at radius 3 is 2.16 bits per heavy atom. The number of rotatable bonds is 7. The molecule has 4 rings (SSSR count). The predicted molar refractivity (Wildman–Crippen MR) is 137 cm³/mol. The first-order chi connectivity index (χ1) is 17.4. The van der Waals surface area contributed by atoms with Crippen molar-refractivity contribution in [1.29, 1.82) is 5.26 Å². The van der Waals surface area contributed by atoms with Crippen LogP contribution < -0.4 is 4.72 Å². The molecule has 0 aliphatic rings. The molecule has 9 heteroatoms. The van der Waals surface area contributed by atoms with Crippen molar-refractivity contribution in [3.63, 3.8) is 0 Å². The summed E-state index contributed by atoms with van der Waals surface area (Å²) in [4.78, 5) is -0.165. The Bertz CT molecular complexity index is 1560. The van der Waals surface area contributed by atoms with E-state index in [-0.39, 0.29) is 16.9 Å². The van der Waals surface area contributed by atoms with Gasteiger partial charge in [-0.1, -0.05) is 66.2 Å². The number of sulfonamides is 1. The Labute approximate surface area is 214 Å². The maximum atomic E-state index is 14.8. The van der Waals surface area contributed by atoms with E-state index in [4.69, 9.17) is 0 Å². The smallest absolute Gasteiger partial charge is 0.338 e. The summed E-state index contributed by atoms with van der Waals surface area (Å²) in [6, 6.07) is 16.2. The quantitative estimate of drug-likeness (QED) is 0.315. The number of nitriles is 1. The second-order valence-corrected chi connectivity index (χ2v) is 10.8. The van der Waals surface area contributed by atoms with Gasteiger partial charge in [0.25, 0.3) is 0 Å². The molecule has 1 aromatic heterocycles. The molecule has 2 unspecified atom stereocenters. The molecule has 0 saturated heterocycles. The lowest BCUT2D eigenvalue weighted by atomic mass is 9.99. The number of aromatic nitrogens is 1. The Balaban J connectivity index is 1.95. The van der Waals surface area contributed by atoms with Crippen LogP contribution >= 0.6 is 0 Å². The second-order valence-electron chi connectivity index (χ2n) is 9.14. The number of benzene rings is 3. The van der Waals surface area contributed by atoms with Gasteiger partial charge in [0.1, 0.15) is 6.04 Å². The second kappa shape index (κ2) is 10.0. The Kier molecular flexibility index (Phi) is 7.18. The van der Waals surface area contributed by atoms with E-state index in [1.807, 2.05) is 4.72 Å². The number of nitrogens with one attached hydrogen (secondary N) is 1. The fraction of sp³-hybridized carbons (Fsp3) is 0.250. The molecule has 0 aliphatic heterocycles. The van der Waals surface area contributed by atoms with Crippen molar-refractivity contribution in [3.05, 3.63) is 101 Å². The van der Waals surface area contributed by atoms with Gasteiger partial charge in [0, 0.05) is 17.1 Å². The van der Waals surface area contributed by atoms with E-state index in [1.165, 1.54) is 10.8 Å². The summed E-state index contributed by atoms with van der Waals surface area (Å²) in [5, 5.41) is 9.94. The van der Waals surface area contributed by atoms with Crippen LogP contribution in [-0.2, 0) is 16.4 Å². The van der Waals surface area contributed by atoms with Crippen molar-refractivity contribution in [2.24, 2.45) is 0 Å². The van der Waals surface area contributed by atoms with Crippen molar-refractivity contribution in [2.75, 3.05) is 0 Å². The summed E-state index contributed by atoms with van der Waals surface area (Å²) in [5.41, 5.74) is 2.85. The zero-order chi connectivity index (χ0) is 27.0. The van der Waals surface area contributed by atoms with Gasteiger partial charge in [0.05, 0.1) is 23.4 Å².